The van der Waals surface area contributed by atoms with Crippen LogP contribution in [0, 0.1) is 0 Å². The van der Waals surface area contributed by atoms with Gasteiger partial charge in [-0.05, 0) is 80.2 Å². The van der Waals surface area contributed by atoms with Crippen molar-refractivity contribution in [3.63, 3.8) is 0 Å². The van der Waals surface area contributed by atoms with Crippen LogP contribution in [-0.4, -0.2) is 68.1 Å². The minimum Gasteiger partial charge on any atom is -0.368 e. The van der Waals surface area contributed by atoms with Gasteiger partial charge >= 0.3 is 0 Å². The summed E-state index contributed by atoms with van der Waals surface area (Å²) >= 11 is 0. The molecule has 0 heterocycles. The monoisotopic (exact) mass is 298 g/mol. The lowest BCUT2D eigenvalue weighted by Crippen LogP contribution is -2.56. The Morgan fingerprint density at radius 3 is 2.29 bits per heavy atom. The standard InChI is InChI=1S/C16H34N4O/c1-15(18-2,14(17)21)9-6-7-12-20(5)13-16(19(3)4)10-8-11-16/h18H,6-13H2,1-5H3,(H2,17,21). The zero-order valence-electron chi connectivity index (χ0n) is 14.5. The number of rotatable bonds is 10. The third-order valence-electron chi connectivity index (χ3n) is 5.36. The molecule has 1 rings (SSSR count). The predicted molar refractivity (Wildman–Crippen MR) is 88.3 cm³/mol. The normalized spacial score (nSPS) is 20.3. The van der Waals surface area contributed by atoms with E-state index in [9.17, 15) is 4.79 Å². The number of likely N-dealkylation sites (N-methyl/N-ethyl adjacent to an activating group) is 3. The lowest BCUT2D eigenvalue weighted by molar-refractivity contribution is -0.123. The molecular weight excluding hydrogens is 264 g/mol. The van der Waals surface area contributed by atoms with Gasteiger partial charge in [-0.15, -0.1) is 0 Å². The first-order valence-electron chi connectivity index (χ1n) is 8.10. The summed E-state index contributed by atoms with van der Waals surface area (Å²) in [5.74, 6) is -0.264. The van der Waals surface area contributed by atoms with Crippen LogP contribution in [0.4, 0.5) is 0 Å². The van der Waals surface area contributed by atoms with Crippen molar-refractivity contribution in [2.45, 2.75) is 56.5 Å². The highest BCUT2D eigenvalue weighted by Gasteiger charge is 2.39. The molecule has 1 aliphatic carbocycles. The summed E-state index contributed by atoms with van der Waals surface area (Å²) in [6, 6.07) is 0. The number of nitrogens with zero attached hydrogens (tertiary/aromatic N) is 2. The van der Waals surface area contributed by atoms with Gasteiger partial charge in [0.15, 0.2) is 0 Å². The van der Waals surface area contributed by atoms with Gasteiger partial charge in [-0.3, -0.25) is 4.79 Å². The fourth-order valence-corrected chi connectivity index (χ4v) is 3.14. The number of hydrogen-bond acceptors (Lipinski definition) is 4. The molecule has 0 saturated heterocycles. The topological polar surface area (TPSA) is 61.6 Å². The average molecular weight is 298 g/mol. The van der Waals surface area contributed by atoms with Crippen LogP contribution in [0.1, 0.15) is 45.4 Å². The Kier molecular flexibility index (Phi) is 6.63. The largest absolute Gasteiger partial charge is 0.368 e. The minimum atomic E-state index is -0.572. The molecule has 5 heteroatoms. The van der Waals surface area contributed by atoms with Gasteiger partial charge in [-0.2, -0.15) is 0 Å². The number of amides is 1. The number of carbonyl (C=O) groups excluding carboxylic acids is 1. The Hall–Kier alpha value is -0.650. The van der Waals surface area contributed by atoms with E-state index in [-0.39, 0.29) is 5.91 Å². The molecule has 0 bridgehead atoms. The van der Waals surface area contributed by atoms with E-state index in [0.29, 0.717) is 5.54 Å². The van der Waals surface area contributed by atoms with Crippen LogP contribution in [0.25, 0.3) is 0 Å². The zero-order chi connectivity index (χ0) is 16.1. The van der Waals surface area contributed by atoms with Gasteiger partial charge in [0.2, 0.25) is 5.91 Å². The third-order valence-corrected chi connectivity index (χ3v) is 5.36. The fraction of sp³-hybridized carbons (Fsp3) is 0.938. The van der Waals surface area contributed by atoms with Crippen molar-refractivity contribution in [2.75, 3.05) is 41.3 Å². The lowest BCUT2D eigenvalue weighted by atomic mass is 9.75. The second-order valence-corrected chi connectivity index (χ2v) is 7.11. The van der Waals surface area contributed by atoms with Gasteiger partial charge in [-0.1, -0.05) is 0 Å². The van der Waals surface area contributed by atoms with Crippen molar-refractivity contribution >= 4 is 5.91 Å². The number of primary amides is 1. The van der Waals surface area contributed by atoms with E-state index in [0.717, 1.165) is 32.4 Å². The van der Waals surface area contributed by atoms with Gasteiger partial charge in [0.1, 0.15) is 0 Å². The van der Waals surface area contributed by atoms with Gasteiger partial charge in [0.25, 0.3) is 0 Å². The number of nitrogens with two attached hydrogens (primary N) is 1. The van der Waals surface area contributed by atoms with Gasteiger partial charge in [0.05, 0.1) is 5.54 Å². The maximum absolute atomic E-state index is 11.4. The number of unbranched alkanes of at least 4 members (excludes halogenated alkanes) is 1. The van der Waals surface area contributed by atoms with Crippen molar-refractivity contribution < 1.29 is 4.79 Å². The molecule has 0 spiro atoms. The molecule has 3 N–H and O–H groups in total. The third kappa shape index (κ3) is 4.66. The molecule has 1 aliphatic rings. The molecule has 1 fully saturated rings. The SMILES string of the molecule is CNC(C)(CCCCN(C)CC1(N(C)C)CCC1)C(N)=O. The first-order valence-corrected chi connectivity index (χ1v) is 8.10. The maximum atomic E-state index is 11.4. The summed E-state index contributed by atoms with van der Waals surface area (Å²) in [7, 11) is 8.39. The van der Waals surface area contributed by atoms with Crippen LogP contribution >= 0.6 is 0 Å². The molecule has 0 aromatic heterocycles. The first-order chi connectivity index (χ1) is 9.76. The van der Waals surface area contributed by atoms with Crippen LogP contribution in [0.5, 0.6) is 0 Å². The minimum absolute atomic E-state index is 0.264. The van der Waals surface area contributed by atoms with Crippen LogP contribution in [0.3, 0.4) is 0 Å². The lowest BCUT2D eigenvalue weighted by Gasteiger charge is -2.49. The van der Waals surface area contributed by atoms with Crippen LogP contribution in [-0.2, 0) is 4.79 Å². The Balaban J connectivity index is 2.28. The second kappa shape index (κ2) is 7.56. The summed E-state index contributed by atoms with van der Waals surface area (Å²) in [6.45, 7) is 4.10. The van der Waals surface area contributed by atoms with E-state index in [2.05, 4.69) is 36.3 Å². The molecule has 1 saturated carbocycles. The molecule has 0 aromatic rings. The number of hydrogen-bond donors (Lipinski definition) is 2. The summed E-state index contributed by atoms with van der Waals surface area (Å²) in [5, 5.41) is 3.04. The molecular formula is C16H34N4O. The predicted octanol–water partition coefficient (Wildman–Crippen LogP) is 1.04. The fourth-order valence-electron chi connectivity index (χ4n) is 3.14. The van der Waals surface area contributed by atoms with Crippen LogP contribution in [0.2, 0.25) is 0 Å². The number of carbonyl (C=O) groups is 1. The summed E-state index contributed by atoms with van der Waals surface area (Å²) in [4.78, 5) is 16.3. The second-order valence-electron chi connectivity index (χ2n) is 7.11. The Morgan fingerprint density at radius 1 is 1.29 bits per heavy atom. The van der Waals surface area contributed by atoms with E-state index in [1.807, 2.05) is 6.92 Å². The Morgan fingerprint density at radius 2 is 1.90 bits per heavy atom. The van der Waals surface area contributed by atoms with E-state index < -0.39 is 5.54 Å². The highest BCUT2D eigenvalue weighted by atomic mass is 16.1. The summed E-state index contributed by atoms with van der Waals surface area (Å²) < 4.78 is 0. The smallest absolute Gasteiger partial charge is 0.237 e. The molecule has 0 aromatic carbocycles. The van der Waals surface area contributed by atoms with E-state index in [4.69, 9.17) is 5.73 Å². The number of nitrogens with one attached hydrogen (secondary N) is 1. The van der Waals surface area contributed by atoms with Gasteiger partial charge < -0.3 is 20.9 Å². The van der Waals surface area contributed by atoms with Crippen molar-refractivity contribution in [3.05, 3.63) is 0 Å². The summed E-state index contributed by atoms with van der Waals surface area (Å²) in [6.07, 6.45) is 6.88. The van der Waals surface area contributed by atoms with Crippen LogP contribution in [0.15, 0.2) is 0 Å². The van der Waals surface area contributed by atoms with Gasteiger partial charge in [0, 0.05) is 12.1 Å². The van der Waals surface area contributed by atoms with Crippen molar-refractivity contribution in [1.82, 2.24) is 15.1 Å². The molecule has 21 heavy (non-hydrogen) atoms. The maximum Gasteiger partial charge on any atom is 0.237 e. The molecule has 124 valence electrons. The molecule has 1 unspecified atom stereocenters. The van der Waals surface area contributed by atoms with Crippen molar-refractivity contribution in [3.8, 4) is 0 Å². The molecule has 1 atom stereocenters. The van der Waals surface area contributed by atoms with Gasteiger partial charge in [-0.25, -0.2) is 0 Å². The quantitative estimate of drug-likeness (QED) is 0.592. The molecule has 1 amide bonds. The molecule has 0 radical (unpaired) electrons. The van der Waals surface area contributed by atoms with Crippen LogP contribution < -0.4 is 11.1 Å². The Bertz CT molecular complexity index is 341. The average Bonchev–Trinajstić information content (AvgIpc) is 2.38. The highest BCUT2D eigenvalue weighted by molar-refractivity contribution is 5.84. The first kappa shape index (κ1) is 18.4. The van der Waals surface area contributed by atoms with E-state index in [1.165, 1.54) is 19.3 Å². The van der Waals surface area contributed by atoms with E-state index >= 15 is 0 Å². The van der Waals surface area contributed by atoms with E-state index in [1.54, 1.807) is 7.05 Å². The van der Waals surface area contributed by atoms with Crippen molar-refractivity contribution in [1.29, 1.82) is 0 Å². The highest BCUT2D eigenvalue weighted by Crippen LogP contribution is 2.36. The molecule has 5 nitrogen and oxygen atoms in total. The zero-order valence-corrected chi connectivity index (χ0v) is 14.5. The summed E-state index contributed by atoms with van der Waals surface area (Å²) in [5.41, 5.74) is 5.27. The Labute approximate surface area is 130 Å². The van der Waals surface area contributed by atoms with Crippen molar-refractivity contribution in [2.24, 2.45) is 5.73 Å². The molecule has 0 aliphatic heterocycles.